The summed E-state index contributed by atoms with van der Waals surface area (Å²) < 4.78 is 0. The summed E-state index contributed by atoms with van der Waals surface area (Å²) in [5.74, 6) is 0. The van der Waals surface area contributed by atoms with E-state index in [1.54, 1.807) is 0 Å². The van der Waals surface area contributed by atoms with Gasteiger partial charge in [-0.15, -0.1) is 0 Å². The lowest BCUT2D eigenvalue weighted by molar-refractivity contribution is -0.122. The molecule has 0 unspecified atom stereocenters. The van der Waals surface area contributed by atoms with Crippen LogP contribution in [0.1, 0.15) is 11.1 Å². The van der Waals surface area contributed by atoms with E-state index < -0.39 is 0 Å². The maximum atomic E-state index is 8.81. The van der Waals surface area contributed by atoms with Gasteiger partial charge < -0.3 is 0 Å². The van der Waals surface area contributed by atoms with Crippen molar-refractivity contribution < 1.29 is 9.59 Å². The van der Waals surface area contributed by atoms with Gasteiger partial charge in [0.2, 0.25) is 0 Å². The van der Waals surface area contributed by atoms with Crippen LogP contribution in [0.25, 0.3) is 0 Å². The normalized spacial score (nSPS) is 10.2. The molecule has 56 valence electrons. The number of fused-ring (bicyclic) bond motifs is 2. The summed E-state index contributed by atoms with van der Waals surface area (Å²) in [6, 6.07) is 8.65. The fourth-order valence-corrected chi connectivity index (χ4v) is 0.954. The average Bonchev–Trinajstić information content (AvgIpc) is 2.05. The summed E-state index contributed by atoms with van der Waals surface area (Å²) in [6.07, 6.45) is 1.61. The van der Waals surface area contributed by atoms with Crippen LogP contribution in [0, 0.1) is 0 Å². The molecule has 0 aromatic heterocycles. The van der Waals surface area contributed by atoms with Gasteiger partial charge >= 0.3 is 0 Å². The van der Waals surface area contributed by atoms with Gasteiger partial charge in [-0.25, -0.2) is 0 Å². The van der Waals surface area contributed by atoms with Crippen LogP contribution in [0.3, 0.4) is 0 Å². The van der Waals surface area contributed by atoms with Crippen LogP contribution in [-0.4, -0.2) is 12.6 Å². The lowest BCUT2D eigenvalue weighted by Gasteiger charge is -2.11. The predicted molar refractivity (Wildman–Crippen MR) is 41.4 cm³/mol. The molecule has 2 aliphatic carbocycles. The van der Waals surface area contributed by atoms with Crippen molar-refractivity contribution in [2.45, 2.75) is 6.42 Å². The Kier molecular flexibility index (Phi) is 2.55. The maximum Gasteiger partial charge on any atom is 0.182 e. The molecule has 3 rings (SSSR count). The molecule has 2 bridgehead atoms. The molecule has 1 aromatic carbocycles. The molecule has 0 atom stereocenters. The Bertz CT molecular complexity index is 235. The minimum Gasteiger partial charge on any atom is -0.295 e. The molecular weight excluding hydrogens is 140 g/mol. The molecule has 0 spiro atoms. The number of benzene rings is 1. The molecule has 0 radical (unpaired) electrons. The van der Waals surface area contributed by atoms with Gasteiger partial charge in [-0.05, 0) is 17.5 Å². The van der Waals surface area contributed by atoms with Crippen molar-refractivity contribution in [3.8, 4) is 0 Å². The number of aldehydes is 2. The highest BCUT2D eigenvalue weighted by Gasteiger charge is 2.04. The second-order valence-electron chi connectivity index (χ2n) is 2.27. The zero-order valence-electron chi connectivity index (χ0n) is 5.99. The molecule has 0 amide bonds. The standard InChI is InChI=1S/C7H6.C2H2O2/c1-2-6-4-7(3-1)5-6;3-1-2-4/h1-4H,5H2;1-2H. The van der Waals surface area contributed by atoms with Gasteiger partial charge in [-0.2, -0.15) is 0 Å². The van der Waals surface area contributed by atoms with Gasteiger partial charge in [0, 0.05) is 0 Å². The first-order valence-electron chi connectivity index (χ1n) is 3.33. The summed E-state index contributed by atoms with van der Waals surface area (Å²) in [5, 5.41) is 0. The van der Waals surface area contributed by atoms with E-state index in [0.717, 1.165) is 0 Å². The second-order valence-corrected chi connectivity index (χ2v) is 2.27. The molecule has 0 saturated heterocycles. The zero-order valence-corrected chi connectivity index (χ0v) is 5.99. The van der Waals surface area contributed by atoms with Crippen LogP contribution in [0.5, 0.6) is 0 Å². The first-order valence-corrected chi connectivity index (χ1v) is 3.33. The van der Waals surface area contributed by atoms with Gasteiger partial charge in [0.25, 0.3) is 0 Å². The van der Waals surface area contributed by atoms with Gasteiger partial charge in [0.1, 0.15) is 0 Å². The fourth-order valence-electron chi connectivity index (χ4n) is 0.954. The number of rotatable bonds is 1. The van der Waals surface area contributed by atoms with E-state index in [1.165, 1.54) is 17.5 Å². The molecular formula is C9H8O2. The van der Waals surface area contributed by atoms with Gasteiger partial charge in [0.15, 0.2) is 12.6 Å². The van der Waals surface area contributed by atoms with Crippen LogP contribution in [0.2, 0.25) is 0 Å². The highest BCUT2D eigenvalue weighted by Crippen LogP contribution is 2.18. The lowest BCUT2D eigenvalue weighted by atomic mass is 9.94. The second kappa shape index (κ2) is 3.66. The third-order valence-corrected chi connectivity index (χ3v) is 1.46. The van der Waals surface area contributed by atoms with Crippen LogP contribution in [-0.2, 0) is 16.0 Å². The van der Waals surface area contributed by atoms with Crippen LogP contribution < -0.4 is 0 Å². The van der Waals surface area contributed by atoms with E-state index in [9.17, 15) is 0 Å². The van der Waals surface area contributed by atoms with Crippen molar-refractivity contribution in [1.82, 2.24) is 0 Å². The maximum absolute atomic E-state index is 8.81. The first-order chi connectivity index (χ1) is 5.36. The molecule has 2 aliphatic rings. The third-order valence-electron chi connectivity index (χ3n) is 1.46. The quantitative estimate of drug-likeness (QED) is 0.446. The molecule has 0 fully saturated rings. The topological polar surface area (TPSA) is 34.1 Å². The smallest absolute Gasteiger partial charge is 0.182 e. The van der Waals surface area contributed by atoms with Gasteiger partial charge in [0.05, 0.1) is 0 Å². The van der Waals surface area contributed by atoms with Crippen molar-refractivity contribution in [3.05, 3.63) is 35.4 Å². The molecule has 0 N–H and O–H groups in total. The van der Waals surface area contributed by atoms with E-state index >= 15 is 0 Å². The highest BCUT2D eigenvalue weighted by atomic mass is 16.2. The Morgan fingerprint density at radius 2 is 1.55 bits per heavy atom. The molecule has 2 heteroatoms. The van der Waals surface area contributed by atoms with Crippen molar-refractivity contribution in [1.29, 1.82) is 0 Å². The zero-order chi connectivity index (χ0) is 8.10. The van der Waals surface area contributed by atoms with Gasteiger partial charge in [-0.1, -0.05) is 24.3 Å². The summed E-state index contributed by atoms with van der Waals surface area (Å²) in [6.45, 7) is 0. The molecule has 0 aliphatic heterocycles. The summed E-state index contributed by atoms with van der Waals surface area (Å²) >= 11 is 0. The Morgan fingerprint density at radius 1 is 1.09 bits per heavy atom. The molecule has 0 heterocycles. The first kappa shape index (κ1) is 7.66. The minimum absolute atomic E-state index is 0.194. The number of hydrogen-bond donors (Lipinski definition) is 0. The van der Waals surface area contributed by atoms with E-state index in [4.69, 9.17) is 9.59 Å². The minimum atomic E-state index is 0.194. The average molecular weight is 148 g/mol. The Hall–Kier alpha value is -1.44. The van der Waals surface area contributed by atoms with Crippen molar-refractivity contribution in [2.24, 2.45) is 0 Å². The summed E-state index contributed by atoms with van der Waals surface area (Å²) in [5.41, 5.74) is 2.97. The number of carbonyl (C=O) groups excluding carboxylic acids is 2. The number of carbonyl (C=O) groups is 2. The molecule has 2 nitrogen and oxygen atoms in total. The monoisotopic (exact) mass is 148 g/mol. The Balaban J connectivity index is 0.000000134. The van der Waals surface area contributed by atoms with Crippen molar-refractivity contribution in [3.63, 3.8) is 0 Å². The van der Waals surface area contributed by atoms with Crippen molar-refractivity contribution in [2.75, 3.05) is 0 Å². The lowest BCUT2D eigenvalue weighted by Crippen LogP contribution is -1.97. The fraction of sp³-hybridized carbons (Fsp3) is 0.111. The van der Waals surface area contributed by atoms with E-state index in [2.05, 4.69) is 24.3 Å². The SMILES string of the molecule is O=CC=O.c1cc2cc(c1)C2. The van der Waals surface area contributed by atoms with Crippen LogP contribution in [0.4, 0.5) is 0 Å². The summed E-state index contributed by atoms with van der Waals surface area (Å²) in [7, 11) is 0. The van der Waals surface area contributed by atoms with Crippen LogP contribution in [0.15, 0.2) is 24.3 Å². The predicted octanol–water partition coefficient (Wildman–Crippen LogP) is 0.975. The Labute approximate surface area is 64.8 Å². The third kappa shape index (κ3) is 2.00. The number of hydrogen-bond acceptors (Lipinski definition) is 2. The molecule has 1 aromatic rings. The van der Waals surface area contributed by atoms with E-state index in [1.807, 2.05) is 0 Å². The largest absolute Gasteiger partial charge is 0.295 e. The van der Waals surface area contributed by atoms with Gasteiger partial charge in [-0.3, -0.25) is 9.59 Å². The molecule has 11 heavy (non-hydrogen) atoms. The van der Waals surface area contributed by atoms with E-state index in [0.29, 0.717) is 0 Å². The summed E-state index contributed by atoms with van der Waals surface area (Å²) in [4.78, 5) is 17.6. The van der Waals surface area contributed by atoms with Crippen molar-refractivity contribution >= 4 is 12.6 Å². The Morgan fingerprint density at radius 3 is 1.64 bits per heavy atom. The highest BCUT2D eigenvalue weighted by molar-refractivity contribution is 6.09. The van der Waals surface area contributed by atoms with E-state index in [-0.39, 0.29) is 12.6 Å². The molecule has 0 saturated carbocycles. The van der Waals surface area contributed by atoms with Crippen LogP contribution >= 0.6 is 0 Å².